The number of anilines is 10. The zero-order valence-electron chi connectivity index (χ0n) is 65.9. The molecule has 0 aliphatic heterocycles. The molecule has 130 heavy (non-hydrogen) atoms. The van der Waals surface area contributed by atoms with Crippen LogP contribution in [0.5, 0.6) is 0 Å². The van der Waals surface area contributed by atoms with Gasteiger partial charge in [0.2, 0.25) is 29.7 Å². The number of hydrogen-bond acceptors (Lipinski definition) is 40. The largest absolute Gasteiger partial charge is 0.480 e. The van der Waals surface area contributed by atoms with Gasteiger partial charge in [0.1, 0.15) is 23.8 Å². The molecule has 10 N–H and O–H groups in total. The molecule has 0 fully saturated rings. The van der Waals surface area contributed by atoms with Crippen molar-refractivity contribution in [2.24, 2.45) is 14.1 Å². The third kappa shape index (κ3) is 21.5. The first-order chi connectivity index (χ1) is 61.5. The van der Waals surface area contributed by atoms with Gasteiger partial charge in [-0.25, -0.2) is 0 Å². The normalized spacial score (nSPS) is 11.5. The zero-order chi connectivity index (χ0) is 94.7. The lowest BCUT2D eigenvalue weighted by molar-refractivity contribution is -0.137. The number of carboxylic acids is 2. The Kier molecular flexibility index (Phi) is 28.9. The highest BCUT2D eigenvalue weighted by Gasteiger charge is 2.38. The summed E-state index contributed by atoms with van der Waals surface area (Å²) >= 11 is 0. The molecule has 0 saturated carbocycles. The van der Waals surface area contributed by atoms with Gasteiger partial charge < -0.3 is 55.4 Å². The molecular formula is C77H59N15O32S6. The van der Waals surface area contributed by atoms with Crippen molar-refractivity contribution in [2.75, 3.05) is 76.0 Å². The SMILES string of the molecule is Cn1c(=O)c(C(=O)c2ccccc2)c2c3c(c(Nc4ccc(S(=O)(=O)O)c(Cc5nc(NCCNc6nc(Nc7ccc(S(=O)(=O)O)c(Nc8ccc9c%10c8C(=O)c8ccccc8-c%10c(C(=O)c8cccc(S(=O)(=O)O)c8)c(=O)n9C)c7)nc(N(COC=O)CC(=O)O)n6)nc(N(COC=O)CC(=O)O)n5)c4)ccc31)C(=O)c1ccccc1-2.O=S(=O)=O.O=S(=O)=O.O=S(=O)=O. The molecule has 53 heteroatoms. The topological polar surface area (TPSA) is 700 Å². The summed E-state index contributed by atoms with van der Waals surface area (Å²) in [4.78, 5) is 161. The van der Waals surface area contributed by atoms with Crippen molar-refractivity contribution >= 4 is 190 Å². The van der Waals surface area contributed by atoms with Crippen molar-refractivity contribution in [1.82, 2.24) is 39.0 Å². The summed E-state index contributed by atoms with van der Waals surface area (Å²) in [5.41, 5.74) is -2.06. The minimum atomic E-state index is -5.19. The van der Waals surface area contributed by atoms with E-state index in [0.717, 1.165) is 50.8 Å². The van der Waals surface area contributed by atoms with Crippen LogP contribution in [0.15, 0.2) is 188 Å². The maximum Gasteiger partial charge on any atom is 0.425 e. The van der Waals surface area contributed by atoms with Gasteiger partial charge in [0.25, 0.3) is 54.4 Å². The Labute approximate surface area is 733 Å². The monoisotopic (exact) mass is 1900 g/mol. The predicted octanol–water partition coefficient (Wildman–Crippen LogP) is 3.76. The molecule has 8 aromatic carbocycles. The Morgan fingerprint density at radius 3 is 1.33 bits per heavy atom. The van der Waals surface area contributed by atoms with Crippen LogP contribution in [0.3, 0.4) is 0 Å². The van der Waals surface area contributed by atoms with E-state index in [1.54, 1.807) is 60.7 Å². The van der Waals surface area contributed by atoms with E-state index in [-0.39, 0.29) is 144 Å². The van der Waals surface area contributed by atoms with Crippen LogP contribution < -0.4 is 47.5 Å². The van der Waals surface area contributed by atoms with Gasteiger partial charge in [-0.2, -0.15) is 55.2 Å². The number of carbonyl (C=O) groups is 8. The second kappa shape index (κ2) is 39.6. The van der Waals surface area contributed by atoms with Gasteiger partial charge in [-0.15, -0.1) is 37.9 Å². The van der Waals surface area contributed by atoms with E-state index in [1.165, 1.54) is 85.4 Å². The molecule has 670 valence electrons. The number of aliphatic carboxylic acids is 2. The molecule has 0 unspecified atom stereocenters. The molecular weight excluding hydrogens is 1840 g/mol. The fourth-order valence-electron chi connectivity index (χ4n) is 13.8. The highest BCUT2D eigenvalue weighted by Crippen LogP contribution is 2.47. The van der Waals surface area contributed by atoms with E-state index in [2.05, 4.69) is 56.5 Å². The van der Waals surface area contributed by atoms with Gasteiger partial charge in [0.05, 0.1) is 60.1 Å². The Morgan fingerprint density at radius 1 is 0.438 bits per heavy atom. The number of rotatable bonds is 32. The number of ether oxygens (including phenoxy) is 2. The van der Waals surface area contributed by atoms with Crippen LogP contribution in [-0.2, 0) is 111 Å². The zero-order valence-corrected chi connectivity index (χ0v) is 70.8. The fraction of sp³-hybridized carbons (Fsp3) is 0.117. The summed E-state index contributed by atoms with van der Waals surface area (Å²) in [7, 11) is -21.7. The first-order valence-corrected chi connectivity index (χ1v) is 43.6. The van der Waals surface area contributed by atoms with Gasteiger partial charge in [-0.1, -0.05) is 91.0 Å². The summed E-state index contributed by atoms with van der Waals surface area (Å²) < 4.78 is 197. The smallest absolute Gasteiger partial charge is 0.425 e. The Balaban J connectivity index is 0.00000128. The van der Waals surface area contributed by atoms with Gasteiger partial charge >= 0.3 is 43.8 Å². The quantitative estimate of drug-likeness (QED) is 0.00943. The number of hydrogen-bond donors (Lipinski definition) is 10. The molecule has 0 saturated heterocycles. The number of benzene rings is 8. The van der Waals surface area contributed by atoms with Crippen molar-refractivity contribution in [3.63, 3.8) is 0 Å². The van der Waals surface area contributed by atoms with E-state index in [9.17, 15) is 97.1 Å². The number of nitrogens with zero attached hydrogens (tertiary/aromatic N) is 10. The van der Waals surface area contributed by atoms with Gasteiger partial charge in [0, 0.05) is 89.1 Å². The molecule has 0 amide bonds. The average molecular weight is 1900 g/mol. The summed E-state index contributed by atoms with van der Waals surface area (Å²) in [6.45, 7) is -3.82. The molecule has 0 atom stereocenters. The van der Waals surface area contributed by atoms with E-state index >= 15 is 0 Å². The van der Waals surface area contributed by atoms with Gasteiger partial charge in [0.15, 0.2) is 36.6 Å². The summed E-state index contributed by atoms with van der Waals surface area (Å²) in [6.07, 6.45) is -0.604. The second-order valence-corrected chi connectivity index (χ2v) is 32.3. The fourth-order valence-corrected chi connectivity index (χ4v) is 15.7. The number of pyridine rings is 2. The highest BCUT2D eigenvalue weighted by atomic mass is 32.2. The van der Waals surface area contributed by atoms with Crippen LogP contribution in [0.2, 0.25) is 0 Å². The maximum absolute atomic E-state index is 14.9. The molecule has 4 aromatic heterocycles. The molecule has 0 spiro atoms. The number of fused-ring (bicyclic) bond motifs is 4. The van der Waals surface area contributed by atoms with E-state index in [4.69, 9.17) is 47.4 Å². The number of ketones is 4. The van der Waals surface area contributed by atoms with Crippen molar-refractivity contribution in [2.45, 2.75) is 21.1 Å². The third-order valence-electron chi connectivity index (χ3n) is 18.9. The standard InChI is InChI=1S/C77H59N15O23S3.3O3S/c1-89-52-23-21-49(61-63(52)59(45-15-6-8-17-47(45)69(61)101)65(71(89)103)67(99)39-11-4-3-5-12-39)80-42-19-25-54(117(108,109)110)41(29-42)31-56-83-73(86-76(84-56)91(33-57(95)96)35-114-37-93)78-27-28-79-74-85-75(88-77(87-74)92(34-58(97)98)36-115-38-94)81-43-20-26-55(118(111,112)113)51(32-43)82-50-22-24-53-64-60(46-16-7-9-18-48(46)70(102)62(50)64)66(72(104)90(53)2)68(100)40-13-10-14-44(30-40)116(105,106)107;3*1-4(2)3/h3-26,29-30,32,37-38,80,82H,27-28,31,33-36H2,1-2H3,(H,95,96)(H,97,98)(H,105,106,107)(H,108,109,110)(H,111,112,113)(H,78,83,84,86)(H2,79,81,85,87,88);;;. The average Bonchev–Trinajstić information content (AvgIpc) is 0.709. The van der Waals surface area contributed by atoms with Crippen LogP contribution in [-0.4, -0.2) is 214 Å². The third-order valence-corrected chi connectivity index (χ3v) is 21.6. The van der Waals surface area contributed by atoms with Crippen LogP contribution in [0.1, 0.15) is 75.1 Å². The number of aromatic nitrogens is 8. The molecule has 12 aromatic rings. The van der Waals surface area contributed by atoms with Crippen LogP contribution >= 0.6 is 0 Å². The van der Waals surface area contributed by atoms with Crippen molar-refractivity contribution in [3.05, 3.63) is 240 Å². The molecule has 47 nitrogen and oxygen atoms in total. The summed E-state index contributed by atoms with van der Waals surface area (Å²) in [5.74, 6) is -8.12. The molecule has 0 radical (unpaired) electrons. The molecule has 2 aliphatic rings. The lowest BCUT2D eigenvalue weighted by Crippen LogP contribution is -2.34. The minimum Gasteiger partial charge on any atom is -0.480 e. The molecule has 4 heterocycles. The summed E-state index contributed by atoms with van der Waals surface area (Å²) in [6, 6.07) is 37.4. The first kappa shape index (κ1) is 94.6. The van der Waals surface area contributed by atoms with Crippen molar-refractivity contribution in [1.29, 1.82) is 0 Å². The highest BCUT2D eigenvalue weighted by molar-refractivity contribution is 7.86. The lowest BCUT2D eigenvalue weighted by Gasteiger charge is -2.26. The molecule has 2 aliphatic carbocycles. The number of carboxylic acid groups (broad SMARTS) is 2. The Bertz CT molecular complexity index is 7570. The van der Waals surface area contributed by atoms with Gasteiger partial charge in [-0.05, 0) is 89.5 Å². The minimum absolute atomic E-state index is 0.00401. The van der Waals surface area contributed by atoms with Crippen LogP contribution in [0, 0.1) is 0 Å². The second-order valence-electron chi connectivity index (χ2n) is 26.9. The first-order valence-electron chi connectivity index (χ1n) is 36.3. The van der Waals surface area contributed by atoms with Crippen molar-refractivity contribution < 1.29 is 135 Å². The summed E-state index contributed by atoms with van der Waals surface area (Å²) in [5, 5.41) is 35.0. The van der Waals surface area contributed by atoms with Crippen LogP contribution in [0.4, 0.5) is 58.2 Å². The number of nitrogens with one attached hydrogen (secondary N) is 5. The van der Waals surface area contributed by atoms with Crippen molar-refractivity contribution in [3.8, 4) is 22.3 Å². The van der Waals surface area contributed by atoms with E-state index in [0.29, 0.717) is 11.1 Å². The molecule has 14 rings (SSSR count). The number of carbonyl (C=O) groups excluding carboxylic acids is 6. The van der Waals surface area contributed by atoms with E-state index < -0.39 is 185 Å². The van der Waals surface area contributed by atoms with Gasteiger partial charge in [-0.3, -0.25) is 71.4 Å². The number of aryl methyl sites for hydroxylation is 2. The maximum atomic E-state index is 14.9. The van der Waals surface area contributed by atoms with E-state index in [1.807, 2.05) is 0 Å². The predicted molar refractivity (Wildman–Crippen MR) is 451 cm³/mol. The molecule has 0 bridgehead atoms. The Hall–Kier alpha value is -16.0. The van der Waals surface area contributed by atoms with Crippen LogP contribution in [0.25, 0.3) is 44.1 Å². The lowest BCUT2D eigenvalue weighted by atomic mass is 9.80. The Morgan fingerprint density at radius 2 is 0.862 bits per heavy atom.